The molecule has 2 fully saturated rings. The summed E-state index contributed by atoms with van der Waals surface area (Å²) < 4.78 is 5.53. The molecular weight excluding hydrogens is 354 g/mol. The van der Waals surface area contributed by atoms with E-state index >= 15 is 0 Å². The van der Waals surface area contributed by atoms with E-state index in [2.05, 4.69) is 10.3 Å². The van der Waals surface area contributed by atoms with Gasteiger partial charge >= 0.3 is 0 Å². The number of nitrogens with zero attached hydrogens (tertiary/aromatic N) is 2. The van der Waals surface area contributed by atoms with Gasteiger partial charge in [-0.05, 0) is 49.9 Å². The Morgan fingerprint density at radius 1 is 1.07 bits per heavy atom. The Labute approximate surface area is 164 Å². The highest BCUT2D eigenvalue weighted by atomic mass is 16.5. The molecule has 1 atom stereocenters. The molecule has 0 radical (unpaired) electrons. The van der Waals surface area contributed by atoms with E-state index in [1.807, 2.05) is 23.1 Å². The Hall–Kier alpha value is -2.73. The van der Waals surface area contributed by atoms with Crippen LogP contribution in [0.15, 0.2) is 42.6 Å². The zero-order valence-corrected chi connectivity index (χ0v) is 15.9. The third kappa shape index (κ3) is 4.22. The van der Waals surface area contributed by atoms with E-state index in [1.54, 1.807) is 24.4 Å². The largest absolute Gasteiger partial charge is 0.376 e. The van der Waals surface area contributed by atoms with E-state index in [-0.39, 0.29) is 17.9 Å². The number of pyridine rings is 1. The zero-order valence-electron chi connectivity index (χ0n) is 15.9. The van der Waals surface area contributed by atoms with Crippen molar-refractivity contribution in [3.05, 3.63) is 53.7 Å². The lowest BCUT2D eigenvalue weighted by atomic mass is 10.1. The van der Waals surface area contributed by atoms with Gasteiger partial charge in [-0.2, -0.15) is 0 Å². The van der Waals surface area contributed by atoms with Gasteiger partial charge in [0.05, 0.1) is 11.8 Å². The molecule has 0 bridgehead atoms. The second-order valence-electron chi connectivity index (χ2n) is 7.35. The molecule has 3 heterocycles. The van der Waals surface area contributed by atoms with Crippen molar-refractivity contribution < 1.29 is 14.3 Å². The molecule has 0 saturated carbocycles. The number of nitrogens with one attached hydrogen (secondary N) is 1. The molecule has 2 aliphatic heterocycles. The molecule has 4 rings (SSSR count). The van der Waals surface area contributed by atoms with Gasteiger partial charge in [0.1, 0.15) is 0 Å². The summed E-state index contributed by atoms with van der Waals surface area (Å²) in [5.74, 6) is -0.0424. The summed E-state index contributed by atoms with van der Waals surface area (Å²) in [7, 11) is 0. The lowest BCUT2D eigenvalue weighted by Gasteiger charge is -2.15. The first-order valence-corrected chi connectivity index (χ1v) is 9.96. The van der Waals surface area contributed by atoms with Gasteiger partial charge in [0.15, 0.2) is 0 Å². The average molecular weight is 379 g/mol. The first kappa shape index (κ1) is 18.6. The standard InChI is InChI=1S/C22H25N3O3/c26-21(24-15-19-4-3-13-28-19)17-7-5-16(6-8-17)20-14-18(9-10-23-20)22(27)25-11-1-2-12-25/h5-10,14,19H,1-4,11-13,15H2,(H,24,26)/t19-/m0/s1. The highest BCUT2D eigenvalue weighted by Crippen LogP contribution is 2.21. The second kappa shape index (κ2) is 8.52. The van der Waals surface area contributed by atoms with Crippen molar-refractivity contribution in [1.29, 1.82) is 0 Å². The van der Waals surface area contributed by atoms with E-state index in [0.717, 1.165) is 56.6 Å². The van der Waals surface area contributed by atoms with Crippen LogP contribution in [0.4, 0.5) is 0 Å². The Bertz CT molecular complexity index is 838. The van der Waals surface area contributed by atoms with Crippen LogP contribution in [0.3, 0.4) is 0 Å². The smallest absolute Gasteiger partial charge is 0.253 e. The fourth-order valence-electron chi connectivity index (χ4n) is 3.73. The van der Waals surface area contributed by atoms with Crippen LogP contribution in [0.2, 0.25) is 0 Å². The number of amides is 2. The average Bonchev–Trinajstić information content (AvgIpc) is 3.46. The van der Waals surface area contributed by atoms with Crippen molar-refractivity contribution in [3.63, 3.8) is 0 Å². The quantitative estimate of drug-likeness (QED) is 0.867. The van der Waals surface area contributed by atoms with Gasteiger partial charge in [-0.1, -0.05) is 12.1 Å². The number of carbonyl (C=O) groups excluding carboxylic acids is 2. The number of benzene rings is 1. The van der Waals surface area contributed by atoms with Crippen molar-refractivity contribution in [1.82, 2.24) is 15.2 Å². The van der Waals surface area contributed by atoms with Gasteiger partial charge in [0, 0.05) is 49.1 Å². The van der Waals surface area contributed by atoms with Crippen LogP contribution in [0.25, 0.3) is 11.3 Å². The van der Waals surface area contributed by atoms with E-state index in [0.29, 0.717) is 17.7 Å². The van der Waals surface area contributed by atoms with Crippen LogP contribution < -0.4 is 5.32 Å². The van der Waals surface area contributed by atoms with Gasteiger partial charge in [-0.15, -0.1) is 0 Å². The highest BCUT2D eigenvalue weighted by Gasteiger charge is 2.20. The number of hydrogen-bond acceptors (Lipinski definition) is 4. The second-order valence-corrected chi connectivity index (χ2v) is 7.35. The maximum atomic E-state index is 12.6. The molecule has 6 nitrogen and oxygen atoms in total. The molecular formula is C22H25N3O3. The molecule has 0 spiro atoms. The Balaban J connectivity index is 1.42. The van der Waals surface area contributed by atoms with Gasteiger partial charge in [-0.25, -0.2) is 0 Å². The topological polar surface area (TPSA) is 71.5 Å². The molecule has 1 aromatic heterocycles. The third-order valence-electron chi connectivity index (χ3n) is 5.36. The fourth-order valence-corrected chi connectivity index (χ4v) is 3.73. The number of hydrogen-bond donors (Lipinski definition) is 1. The minimum atomic E-state index is -0.104. The molecule has 2 aliphatic rings. The molecule has 6 heteroatoms. The molecule has 1 N–H and O–H groups in total. The first-order valence-electron chi connectivity index (χ1n) is 9.96. The van der Waals surface area contributed by atoms with Gasteiger partial charge < -0.3 is 15.0 Å². The summed E-state index contributed by atoms with van der Waals surface area (Å²) >= 11 is 0. The number of likely N-dealkylation sites (tertiary alicyclic amines) is 1. The van der Waals surface area contributed by atoms with Crippen molar-refractivity contribution >= 4 is 11.8 Å². The number of aromatic nitrogens is 1. The predicted molar refractivity (Wildman–Crippen MR) is 106 cm³/mol. The normalized spacial score (nSPS) is 19.0. The van der Waals surface area contributed by atoms with Gasteiger partial charge in [0.2, 0.25) is 0 Å². The Morgan fingerprint density at radius 3 is 2.57 bits per heavy atom. The molecule has 2 saturated heterocycles. The SMILES string of the molecule is O=C(NC[C@@H]1CCCO1)c1ccc(-c2cc(C(=O)N3CCCC3)ccn2)cc1. The lowest BCUT2D eigenvalue weighted by molar-refractivity contribution is 0.0792. The summed E-state index contributed by atoms with van der Waals surface area (Å²) in [6.07, 6.45) is 5.99. The lowest BCUT2D eigenvalue weighted by Crippen LogP contribution is -2.31. The molecule has 2 aromatic rings. The van der Waals surface area contributed by atoms with Crippen molar-refractivity contribution in [2.45, 2.75) is 31.8 Å². The Morgan fingerprint density at radius 2 is 1.86 bits per heavy atom. The number of rotatable bonds is 5. The van der Waals surface area contributed by atoms with E-state index in [4.69, 9.17) is 4.74 Å². The minimum Gasteiger partial charge on any atom is -0.376 e. The molecule has 1 aromatic carbocycles. The molecule has 0 aliphatic carbocycles. The van der Waals surface area contributed by atoms with Crippen molar-refractivity contribution in [2.75, 3.05) is 26.2 Å². The van der Waals surface area contributed by atoms with Gasteiger partial charge in [0.25, 0.3) is 11.8 Å². The van der Waals surface area contributed by atoms with Crippen LogP contribution in [-0.2, 0) is 4.74 Å². The summed E-state index contributed by atoms with van der Waals surface area (Å²) in [5, 5.41) is 2.93. The number of carbonyl (C=O) groups is 2. The highest BCUT2D eigenvalue weighted by molar-refractivity contribution is 5.96. The fraction of sp³-hybridized carbons (Fsp3) is 0.409. The monoisotopic (exact) mass is 379 g/mol. The van der Waals surface area contributed by atoms with E-state index in [1.165, 1.54) is 0 Å². The van der Waals surface area contributed by atoms with Crippen LogP contribution in [-0.4, -0.2) is 54.0 Å². The van der Waals surface area contributed by atoms with Crippen LogP contribution >= 0.6 is 0 Å². The van der Waals surface area contributed by atoms with Crippen LogP contribution in [0.1, 0.15) is 46.4 Å². The summed E-state index contributed by atoms with van der Waals surface area (Å²) in [4.78, 5) is 31.2. The summed E-state index contributed by atoms with van der Waals surface area (Å²) in [6, 6.07) is 10.9. The zero-order chi connectivity index (χ0) is 19.3. The summed E-state index contributed by atoms with van der Waals surface area (Å²) in [5.41, 5.74) is 2.87. The maximum Gasteiger partial charge on any atom is 0.253 e. The van der Waals surface area contributed by atoms with Crippen LogP contribution in [0.5, 0.6) is 0 Å². The van der Waals surface area contributed by atoms with Gasteiger partial charge in [-0.3, -0.25) is 14.6 Å². The molecule has 28 heavy (non-hydrogen) atoms. The summed E-state index contributed by atoms with van der Waals surface area (Å²) in [6.45, 7) is 2.97. The molecule has 2 amide bonds. The number of ether oxygens (including phenoxy) is 1. The predicted octanol–water partition coefficient (Wildman–Crippen LogP) is 2.89. The van der Waals surface area contributed by atoms with Crippen LogP contribution in [0, 0.1) is 0 Å². The maximum absolute atomic E-state index is 12.6. The minimum absolute atomic E-state index is 0.0614. The molecule has 0 unspecified atom stereocenters. The third-order valence-corrected chi connectivity index (χ3v) is 5.36. The Kier molecular flexibility index (Phi) is 5.67. The van der Waals surface area contributed by atoms with E-state index in [9.17, 15) is 9.59 Å². The van der Waals surface area contributed by atoms with Crippen molar-refractivity contribution in [2.24, 2.45) is 0 Å². The van der Waals surface area contributed by atoms with Crippen molar-refractivity contribution in [3.8, 4) is 11.3 Å². The molecule has 146 valence electrons. The van der Waals surface area contributed by atoms with E-state index < -0.39 is 0 Å². The first-order chi connectivity index (χ1) is 13.7.